The van der Waals surface area contributed by atoms with Gasteiger partial charge in [-0.3, -0.25) is 4.79 Å². The van der Waals surface area contributed by atoms with Gasteiger partial charge in [0.1, 0.15) is 0 Å². The summed E-state index contributed by atoms with van der Waals surface area (Å²) in [6.07, 6.45) is 1.33. The third-order valence-electron chi connectivity index (χ3n) is 5.00. The SMILES string of the molecule is CC[C@@H]1CN(C)c2ccccc2CN1C(=O)[C@H]1CCS(=O)(=O)C1. The lowest BCUT2D eigenvalue weighted by Crippen LogP contribution is -2.46. The Hall–Kier alpha value is -1.56. The maximum Gasteiger partial charge on any atom is 0.227 e. The van der Waals surface area contributed by atoms with E-state index < -0.39 is 9.84 Å². The summed E-state index contributed by atoms with van der Waals surface area (Å²) < 4.78 is 23.4. The standard InChI is InChI=1S/C17H24N2O3S/c1-3-15-11-18(2)16-7-5-4-6-13(16)10-19(15)17(20)14-8-9-23(21,22)12-14/h4-7,14-15H,3,8-12H2,1-2H3/t14-,15+/m0/s1. The third-order valence-corrected chi connectivity index (χ3v) is 6.77. The number of benzene rings is 1. The molecule has 0 N–H and O–H groups in total. The van der Waals surface area contributed by atoms with Crippen molar-refractivity contribution in [3.8, 4) is 0 Å². The maximum atomic E-state index is 13.0. The first-order valence-corrected chi connectivity index (χ1v) is 10.0. The average molecular weight is 336 g/mol. The van der Waals surface area contributed by atoms with Crippen LogP contribution in [0.2, 0.25) is 0 Å². The second-order valence-electron chi connectivity index (χ2n) is 6.64. The number of carbonyl (C=O) groups is 1. The summed E-state index contributed by atoms with van der Waals surface area (Å²) in [6, 6.07) is 8.24. The summed E-state index contributed by atoms with van der Waals surface area (Å²) in [5.41, 5.74) is 2.28. The van der Waals surface area contributed by atoms with Crippen LogP contribution in [0.5, 0.6) is 0 Å². The Morgan fingerprint density at radius 2 is 2.04 bits per heavy atom. The molecule has 2 atom stereocenters. The van der Waals surface area contributed by atoms with E-state index in [9.17, 15) is 13.2 Å². The van der Waals surface area contributed by atoms with Gasteiger partial charge in [-0.05, 0) is 24.5 Å². The van der Waals surface area contributed by atoms with Crippen molar-refractivity contribution in [3.63, 3.8) is 0 Å². The lowest BCUT2D eigenvalue weighted by Gasteiger charge is -2.32. The monoisotopic (exact) mass is 336 g/mol. The summed E-state index contributed by atoms with van der Waals surface area (Å²) in [6.45, 7) is 3.42. The maximum absolute atomic E-state index is 13.0. The van der Waals surface area contributed by atoms with Crippen LogP contribution in [0.15, 0.2) is 24.3 Å². The molecule has 0 aliphatic carbocycles. The third kappa shape index (κ3) is 3.22. The van der Waals surface area contributed by atoms with E-state index in [0.29, 0.717) is 13.0 Å². The van der Waals surface area contributed by atoms with Gasteiger partial charge in [-0.1, -0.05) is 25.1 Å². The molecule has 6 heteroatoms. The van der Waals surface area contributed by atoms with E-state index in [4.69, 9.17) is 0 Å². The second-order valence-corrected chi connectivity index (χ2v) is 8.87. The molecule has 0 aromatic heterocycles. The molecule has 1 fully saturated rings. The fraction of sp³-hybridized carbons (Fsp3) is 0.588. The van der Waals surface area contributed by atoms with E-state index >= 15 is 0 Å². The molecule has 2 heterocycles. The zero-order valence-electron chi connectivity index (χ0n) is 13.7. The summed E-state index contributed by atoms with van der Waals surface area (Å²) in [5, 5.41) is 0. The minimum Gasteiger partial charge on any atom is -0.372 e. The largest absolute Gasteiger partial charge is 0.372 e. The highest BCUT2D eigenvalue weighted by atomic mass is 32.2. The molecule has 0 radical (unpaired) electrons. The highest BCUT2D eigenvalue weighted by Gasteiger charge is 2.38. The summed E-state index contributed by atoms with van der Waals surface area (Å²) in [4.78, 5) is 17.1. The number of nitrogens with zero attached hydrogens (tertiary/aromatic N) is 2. The summed E-state index contributed by atoms with van der Waals surface area (Å²) >= 11 is 0. The number of amides is 1. The van der Waals surface area contributed by atoms with Gasteiger partial charge in [0, 0.05) is 31.9 Å². The molecule has 126 valence electrons. The van der Waals surface area contributed by atoms with Gasteiger partial charge in [0.25, 0.3) is 0 Å². The highest BCUT2D eigenvalue weighted by molar-refractivity contribution is 7.91. The fourth-order valence-corrected chi connectivity index (χ4v) is 5.41. The van der Waals surface area contributed by atoms with Crippen molar-refractivity contribution in [3.05, 3.63) is 29.8 Å². The lowest BCUT2D eigenvalue weighted by atomic mass is 10.0. The van der Waals surface area contributed by atoms with Crippen molar-refractivity contribution >= 4 is 21.4 Å². The first-order chi connectivity index (χ1) is 10.9. The Kier molecular flexibility index (Phi) is 4.36. The van der Waals surface area contributed by atoms with Gasteiger partial charge in [-0.25, -0.2) is 8.42 Å². The van der Waals surface area contributed by atoms with E-state index in [2.05, 4.69) is 31.0 Å². The van der Waals surface area contributed by atoms with Crippen molar-refractivity contribution in [1.29, 1.82) is 0 Å². The summed E-state index contributed by atoms with van der Waals surface area (Å²) in [7, 11) is -0.991. The van der Waals surface area contributed by atoms with E-state index in [1.54, 1.807) is 0 Å². The zero-order chi connectivity index (χ0) is 16.6. The summed E-state index contributed by atoms with van der Waals surface area (Å²) in [5.74, 6) is -0.214. The number of likely N-dealkylation sites (N-methyl/N-ethyl adjacent to an activating group) is 1. The van der Waals surface area contributed by atoms with E-state index in [1.807, 2.05) is 17.0 Å². The molecule has 0 spiro atoms. The molecule has 2 aliphatic heterocycles. The van der Waals surface area contributed by atoms with Crippen LogP contribution in [0.4, 0.5) is 5.69 Å². The van der Waals surface area contributed by atoms with E-state index in [-0.39, 0.29) is 29.4 Å². The number of hydrogen-bond acceptors (Lipinski definition) is 4. The van der Waals surface area contributed by atoms with Gasteiger partial charge in [0.15, 0.2) is 9.84 Å². The molecule has 1 aromatic carbocycles. The Balaban J connectivity index is 1.89. The first kappa shape index (κ1) is 16.3. The minimum absolute atomic E-state index is 0.00280. The molecule has 0 unspecified atom stereocenters. The van der Waals surface area contributed by atoms with Crippen LogP contribution in [0, 0.1) is 5.92 Å². The van der Waals surface area contributed by atoms with Gasteiger partial charge in [-0.2, -0.15) is 0 Å². The first-order valence-electron chi connectivity index (χ1n) is 8.21. The van der Waals surface area contributed by atoms with Gasteiger partial charge in [0.05, 0.1) is 17.4 Å². The van der Waals surface area contributed by atoms with Gasteiger partial charge in [-0.15, -0.1) is 0 Å². The highest BCUT2D eigenvalue weighted by Crippen LogP contribution is 2.30. The van der Waals surface area contributed by atoms with E-state index in [1.165, 1.54) is 0 Å². The molecule has 1 saturated heterocycles. The Morgan fingerprint density at radius 1 is 1.30 bits per heavy atom. The molecule has 0 bridgehead atoms. The van der Waals surface area contributed by atoms with Crippen molar-refractivity contribution in [1.82, 2.24) is 4.90 Å². The number of sulfone groups is 1. The van der Waals surface area contributed by atoms with Crippen molar-refractivity contribution in [2.75, 3.05) is 30.0 Å². The number of para-hydroxylation sites is 1. The van der Waals surface area contributed by atoms with Crippen LogP contribution in [-0.2, 0) is 21.2 Å². The predicted molar refractivity (Wildman–Crippen MR) is 91.1 cm³/mol. The van der Waals surface area contributed by atoms with Crippen molar-refractivity contribution < 1.29 is 13.2 Å². The minimum atomic E-state index is -3.04. The smallest absolute Gasteiger partial charge is 0.227 e. The predicted octanol–water partition coefficient (Wildman–Crippen LogP) is 1.68. The average Bonchev–Trinajstić information content (AvgIpc) is 2.82. The second kappa shape index (κ2) is 6.15. The van der Waals surface area contributed by atoms with Crippen LogP contribution >= 0.6 is 0 Å². The number of rotatable bonds is 2. The molecule has 1 aromatic rings. The number of hydrogen-bond donors (Lipinski definition) is 0. The topological polar surface area (TPSA) is 57.7 Å². The molecular formula is C17H24N2O3S. The molecule has 0 saturated carbocycles. The molecule has 23 heavy (non-hydrogen) atoms. The van der Waals surface area contributed by atoms with Crippen LogP contribution in [0.25, 0.3) is 0 Å². The fourth-order valence-electron chi connectivity index (χ4n) is 3.67. The van der Waals surface area contributed by atoms with Crippen LogP contribution < -0.4 is 4.90 Å². The molecule has 5 nitrogen and oxygen atoms in total. The molecule has 1 amide bonds. The molecule has 3 rings (SSSR count). The number of fused-ring (bicyclic) bond motifs is 1. The van der Waals surface area contributed by atoms with Crippen LogP contribution in [0.3, 0.4) is 0 Å². The van der Waals surface area contributed by atoms with Crippen molar-refractivity contribution in [2.45, 2.75) is 32.4 Å². The molecule has 2 aliphatic rings. The quantitative estimate of drug-likeness (QED) is 0.824. The van der Waals surface area contributed by atoms with Gasteiger partial charge in [0.2, 0.25) is 5.91 Å². The normalized spacial score (nSPS) is 26.7. The number of carbonyl (C=O) groups excluding carboxylic acids is 1. The number of anilines is 1. The zero-order valence-corrected chi connectivity index (χ0v) is 14.6. The Bertz CT molecular complexity index is 702. The van der Waals surface area contributed by atoms with Gasteiger partial charge >= 0.3 is 0 Å². The van der Waals surface area contributed by atoms with Crippen LogP contribution in [0.1, 0.15) is 25.3 Å². The van der Waals surface area contributed by atoms with Crippen molar-refractivity contribution in [2.24, 2.45) is 5.92 Å². The lowest BCUT2D eigenvalue weighted by molar-refractivity contribution is -0.137. The van der Waals surface area contributed by atoms with Gasteiger partial charge < -0.3 is 9.80 Å². The van der Waals surface area contributed by atoms with E-state index in [0.717, 1.165) is 24.2 Å². The Labute approximate surface area is 138 Å². The molecular weight excluding hydrogens is 312 g/mol. The Morgan fingerprint density at radius 3 is 2.70 bits per heavy atom. The van der Waals surface area contributed by atoms with Crippen LogP contribution in [-0.4, -0.2) is 50.4 Å².